The first-order valence-electron chi connectivity index (χ1n) is 3.92. The number of hydrogen-bond donors (Lipinski definition) is 2. The monoisotopic (exact) mass is 160 g/mol. The van der Waals surface area contributed by atoms with Crippen LogP contribution in [0.1, 0.15) is 19.3 Å². The van der Waals surface area contributed by atoms with Crippen molar-refractivity contribution in [1.82, 2.24) is 9.62 Å². The van der Waals surface area contributed by atoms with Crippen molar-refractivity contribution in [1.29, 1.82) is 0 Å². The molecule has 1 aliphatic heterocycles. The predicted molar refractivity (Wildman–Crippen MR) is 47.3 cm³/mol. The Kier molecular flexibility index (Phi) is 3.52. The van der Waals surface area contributed by atoms with E-state index in [1.165, 1.54) is 25.8 Å². The molecule has 1 heterocycles. The molecule has 0 aromatic heterocycles. The molecule has 0 aromatic carbocycles. The smallest absolute Gasteiger partial charge is 0.0105 e. The van der Waals surface area contributed by atoms with Gasteiger partial charge in [0, 0.05) is 12.6 Å². The number of hydrogen-bond acceptors (Lipinski definition) is 3. The van der Waals surface area contributed by atoms with E-state index in [1.54, 1.807) is 0 Å². The molecule has 1 fully saturated rings. The molecule has 1 rings (SSSR count). The number of rotatable bonds is 3. The van der Waals surface area contributed by atoms with Crippen molar-refractivity contribution in [2.75, 3.05) is 20.1 Å². The van der Waals surface area contributed by atoms with Gasteiger partial charge >= 0.3 is 0 Å². The zero-order chi connectivity index (χ0) is 7.40. The van der Waals surface area contributed by atoms with Gasteiger partial charge in [-0.05, 0) is 32.9 Å². The second-order valence-electron chi connectivity index (χ2n) is 2.97. The van der Waals surface area contributed by atoms with Crippen molar-refractivity contribution in [3.05, 3.63) is 0 Å². The first-order chi connectivity index (χ1) is 4.84. The average molecular weight is 160 g/mol. The molecule has 0 aromatic rings. The van der Waals surface area contributed by atoms with E-state index in [-0.39, 0.29) is 0 Å². The Hall–Kier alpha value is 0.270. The van der Waals surface area contributed by atoms with E-state index in [0.29, 0.717) is 0 Å². The first-order valence-corrected chi connectivity index (χ1v) is 4.36. The Morgan fingerprint density at radius 3 is 3.00 bits per heavy atom. The van der Waals surface area contributed by atoms with Crippen LogP contribution in [0.5, 0.6) is 0 Å². The second-order valence-corrected chi connectivity index (χ2v) is 3.29. The summed E-state index contributed by atoms with van der Waals surface area (Å²) in [5.74, 6) is 0. The molecule has 1 saturated heterocycles. The largest absolute Gasteiger partial charge is 0.303 e. The molecule has 2 nitrogen and oxygen atoms in total. The lowest BCUT2D eigenvalue weighted by Crippen LogP contribution is -2.27. The third kappa shape index (κ3) is 2.15. The highest BCUT2D eigenvalue weighted by molar-refractivity contribution is 7.78. The second kappa shape index (κ2) is 4.21. The van der Waals surface area contributed by atoms with Crippen LogP contribution >= 0.6 is 12.8 Å². The van der Waals surface area contributed by atoms with E-state index in [4.69, 9.17) is 0 Å². The lowest BCUT2D eigenvalue weighted by atomic mass is 10.1. The van der Waals surface area contributed by atoms with Crippen LogP contribution in [0.25, 0.3) is 0 Å². The fourth-order valence-electron chi connectivity index (χ4n) is 1.58. The minimum atomic E-state index is 0.805. The lowest BCUT2D eigenvalue weighted by Gasteiger charge is -2.18. The van der Waals surface area contributed by atoms with Crippen LogP contribution in [-0.4, -0.2) is 31.1 Å². The zero-order valence-corrected chi connectivity index (χ0v) is 7.40. The molecule has 0 saturated carbocycles. The van der Waals surface area contributed by atoms with Gasteiger partial charge in [-0.25, -0.2) is 0 Å². The van der Waals surface area contributed by atoms with Crippen LogP contribution in [0.15, 0.2) is 0 Å². The van der Waals surface area contributed by atoms with Crippen LogP contribution in [0.4, 0.5) is 0 Å². The van der Waals surface area contributed by atoms with Crippen molar-refractivity contribution in [3.63, 3.8) is 0 Å². The topological polar surface area (TPSA) is 15.3 Å². The maximum absolute atomic E-state index is 3.95. The van der Waals surface area contributed by atoms with Crippen molar-refractivity contribution in [2.45, 2.75) is 25.3 Å². The molecule has 3 heteroatoms. The van der Waals surface area contributed by atoms with Crippen LogP contribution in [0, 0.1) is 0 Å². The minimum absolute atomic E-state index is 0.805. The van der Waals surface area contributed by atoms with E-state index < -0.39 is 0 Å². The summed E-state index contributed by atoms with van der Waals surface area (Å²) in [7, 11) is 2.20. The van der Waals surface area contributed by atoms with Gasteiger partial charge in [-0.1, -0.05) is 12.8 Å². The van der Waals surface area contributed by atoms with Gasteiger partial charge in [-0.3, -0.25) is 4.72 Å². The van der Waals surface area contributed by atoms with Gasteiger partial charge in [0.1, 0.15) is 0 Å². The van der Waals surface area contributed by atoms with E-state index >= 15 is 0 Å². The van der Waals surface area contributed by atoms with Crippen molar-refractivity contribution in [2.24, 2.45) is 0 Å². The Balaban J connectivity index is 2.14. The van der Waals surface area contributed by atoms with E-state index in [1.807, 2.05) is 0 Å². The van der Waals surface area contributed by atoms with Gasteiger partial charge in [0.05, 0.1) is 0 Å². The van der Waals surface area contributed by atoms with Gasteiger partial charge < -0.3 is 4.90 Å². The van der Waals surface area contributed by atoms with Gasteiger partial charge in [0.15, 0.2) is 0 Å². The molecule has 0 bridgehead atoms. The van der Waals surface area contributed by atoms with Gasteiger partial charge in [-0.15, -0.1) is 0 Å². The molecule has 0 amide bonds. The molecule has 1 atom stereocenters. The Morgan fingerprint density at radius 1 is 1.70 bits per heavy atom. The third-order valence-corrected chi connectivity index (χ3v) is 2.48. The summed E-state index contributed by atoms with van der Waals surface area (Å²) < 4.78 is 2.88. The molecule has 1 unspecified atom stereocenters. The summed E-state index contributed by atoms with van der Waals surface area (Å²) >= 11 is 3.95. The summed E-state index contributed by atoms with van der Waals surface area (Å²) in [4.78, 5) is 2.44. The summed E-state index contributed by atoms with van der Waals surface area (Å²) in [5.41, 5.74) is 0. The molecular weight excluding hydrogens is 144 g/mol. The third-order valence-electron chi connectivity index (χ3n) is 2.26. The average Bonchev–Trinajstić information content (AvgIpc) is 2.31. The van der Waals surface area contributed by atoms with Crippen molar-refractivity contribution in [3.8, 4) is 0 Å². The molecule has 0 radical (unpaired) electrons. The number of nitrogens with one attached hydrogen (secondary N) is 1. The molecule has 1 N–H and O–H groups in total. The van der Waals surface area contributed by atoms with Crippen molar-refractivity contribution < 1.29 is 0 Å². The SMILES string of the molecule is CN1CCCC1CCNS. The Labute approximate surface area is 68.5 Å². The van der Waals surface area contributed by atoms with Gasteiger partial charge in [0.25, 0.3) is 0 Å². The molecule has 1 aliphatic rings. The molecule has 10 heavy (non-hydrogen) atoms. The fraction of sp³-hybridized carbons (Fsp3) is 1.00. The van der Waals surface area contributed by atoms with Gasteiger partial charge in [0.2, 0.25) is 0 Å². The quantitative estimate of drug-likeness (QED) is 0.597. The molecule has 0 spiro atoms. The minimum Gasteiger partial charge on any atom is -0.303 e. The maximum Gasteiger partial charge on any atom is 0.0105 e. The number of nitrogens with zero attached hydrogens (tertiary/aromatic N) is 1. The normalized spacial score (nSPS) is 27.6. The number of likely N-dealkylation sites (tertiary alicyclic amines) is 1. The van der Waals surface area contributed by atoms with Crippen LogP contribution in [-0.2, 0) is 0 Å². The van der Waals surface area contributed by atoms with E-state index in [2.05, 4.69) is 29.5 Å². The summed E-state index contributed by atoms with van der Waals surface area (Å²) in [5, 5.41) is 0. The molecule has 60 valence electrons. The summed E-state index contributed by atoms with van der Waals surface area (Å²) in [6, 6.07) is 0.805. The lowest BCUT2D eigenvalue weighted by molar-refractivity contribution is 0.298. The van der Waals surface area contributed by atoms with Crippen molar-refractivity contribution >= 4 is 12.8 Å². The first kappa shape index (κ1) is 8.37. The van der Waals surface area contributed by atoms with Crippen LogP contribution in [0.3, 0.4) is 0 Å². The van der Waals surface area contributed by atoms with E-state index in [0.717, 1.165) is 12.6 Å². The van der Waals surface area contributed by atoms with Crippen LogP contribution < -0.4 is 4.72 Å². The Bertz CT molecular complexity index is 97.6. The standard InChI is InChI=1S/C7H16N2S/c1-9-6-2-3-7(9)4-5-8-10/h7-8,10H,2-6H2,1H3. The summed E-state index contributed by atoms with van der Waals surface area (Å²) in [6.45, 7) is 2.30. The highest BCUT2D eigenvalue weighted by atomic mass is 32.1. The number of thiol groups is 1. The highest BCUT2D eigenvalue weighted by Crippen LogP contribution is 2.16. The molecular formula is C7H16N2S. The van der Waals surface area contributed by atoms with E-state index in [9.17, 15) is 0 Å². The predicted octanol–water partition coefficient (Wildman–Crippen LogP) is 0.905. The Morgan fingerprint density at radius 2 is 2.50 bits per heavy atom. The van der Waals surface area contributed by atoms with Gasteiger partial charge in [-0.2, -0.15) is 0 Å². The van der Waals surface area contributed by atoms with Crippen LogP contribution in [0.2, 0.25) is 0 Å². The highest BCUT2D eigenvalue weighted by Gasteiger charge is 2.19. The zero-order valence-electron chi connectivity index (χ0n) is 6.51. The maximum atomic E-state index is 3.95. The molecule has 0 aliphatic carbocycles. The fourth-order valence-corrected chi connectivity index (χ4v) is 1.70. The summed E-state index contributed by atoms with van der Waals surface area (Å²) in [6.07, 6.45) is 3.97.